The van der Waals surface area contributed by atoms with Crippen molar-refractivity contribution in [3.05, 3.63) is 58.1 Å². The lowest BCUT2D eigenvalue weighted by molar-refractivity contribution is 0.0597. The second-order valence-electron chi connectivity index (χ2n) is 7.17. The minimum Gasteiger partial charge on any atom is -0.465 e. The molecule has 6 nitrogen and oxygen atoms in total. The van der Waals surface area contributed by atoms with Crippen LogP contribution >= 0.6 is 35.3 Å². The van der Waals surface area contributed by atoms with Crippen molar-refractivity contribution in [2.75, 3.05) is 39.2 Å². The minimum atomic E-state index is -0.542. The second kappa shape index (κ2) is 10.9. The highest BCUT2D eigenvalue weighted by atomic mass is 35.5. The molecule has 0 aliphatic rings. The molecule has 3 aromatic rings. The summed E-state index contributed by atoms with van der Waals surface area (Å²) in [6.45, 7) is 3.20. The van der Waals surface area contributed by atoms with Crippen LogP contribution < -0.4 is 4.90 Å². The Balaban J connectivity index is 0.00000341. The first-order valence-corrected chi connectivity index (χ1v) is 10.7. The summed E-state index contributed by atoms with van der Waals surface area (Å²) in [6.07, 6.45) is 0.759. The fourth-order valence-electron chi connectivity index (χ4n) is 3.14. The third-order valence-electron chi connectivity index (χ3n) is 4.76. The molecule has 1 amide bonds. The van der Waals surface area contributed by atoms with Crippen molar-refractivity contribution in [2.24, 2.45) is 0 Å². The third kappa shape index (κ3) is 5.54. The first-order chi connectivity index (χ1) is 14.3. The van der Waals surface area contributed by atoms with Gasteiger partial charge in [-0.05, 0) is 63.8 Å². The van der Waals surface area contributed by atoms with Crippen molar-refractivity contribution < 1.29 is 14.3 Å². The number of hydrogen-bond donors (Lipinski definition) is 0. The van der Waals surface area contributed by atoms with Gasteiger partial charge in [-0.25, -0.2) is 9.78 Å². The van der Waals surface area contributed by atoms with Crippen LogP contribution in [-0.2, 0) is 4.74 Å². The molecule has 31 heavy (non-hydrogen) atoms. The summed E-state index contributed by atoms with van der Waals surface area (Å²) >= 11 is 7.69. The standard InChI is InChI=1S/C22H24ClN3O3S.ClH/c1-14-17(23)10-11-18-19(14)24-22(30-18)26(13-7-12-25(2)3)20(27)15-8-5-6-9-16(15)21(28)29-4;/h5-6,8-11H,7,12-13H2,1-4H3;1H. The van der Waals surface area contributed by atoms with E-state index in [1.54, 1.807) is 29.2 Å². The lowest BCUT2D eigenvalue weighted by atomic mass is 10.1. The van der Waals surface area contributed by atoms with Crippen LogP contribution in [-0.4, -0.2) is 56.1 Å². The molecule has 3 rings (SSSR count). The molecule has 0 fully saturated rings. The van der Waals surface area contributed by atoms with Crippen LogP contribution in [0, 0.1) is 6.92 Å². The summed E-state index contributed by atoms with van der Waals surface area (Å²) in [4.78, 5) is 34.2. The maximum Gasteiger partial charge on any atom is 0.338 e. The van der Waals surface area contributed by atoms with E-state index in [1.807, 2.05) is 33.2 Å². The van der Waals surface area contributed by atoms with Gasteiger partial charge < -0.3 is 9.64 Å². The van der Waals surface area contributed by atoms with Crippen LogP contribution in [0.15, 0.2) is 36.4 Å². The second-order valence-corrected chi connectivity index (χ2v) is 8.58. The molecule has 9 heteroatoms. The SMILES string of the molecule is COC(=O)c1ccccc1C(=O)N(CCCN(C)C)c1nc2c(C)c(Cl)ccc2s1.Cl. The number of nitrogens with zero attached hydrogens (tertiary/aromatic N) is 3. The van der Waals surface area contributed by atoms with Crippen LogP contribution in [0.1, 0.15) is 32.7 Å². The predicted molar refractivity (Wildman–Crippen MR) is 129 cm³/mol. The highest BCUT2D eigenvalue weighted by molar-refractivity contribution is 7.22. The molecule has 0 bridgehead atoms. The molecule has 2 aromatic carbocycles. The number of carbonyl (C=O) groups is 2. The number of thiazole rings is 1. The fourth-order valence-corrected chi connectivity index (χ4v) is 4.34. The molecule has 0 aliphatic heterocycles. The van der Waals surface area contributed by atoms with Gasteiger partial charge in [0, 0.05) is 11.6 Å². The van der Waals surface area contributed by atoms with Crippen LogP contribution in [0.4, 0.5) is 5.13 Å². The van der Waals surface area contributed by atoms with Crippen LogP contribution in [0.3, 0.4) is 0 Å². The number of amides is 1. The maximum atomic E-state index is 13.5. The van der Waals surface area contributed by atoms with Gasteiger partial charge in [0.1, 0.15) is 0 Å². The Bertz CT molecular complexity index is 1090. The topological polar surface area (TPSA) is 62.7 Å². The number of carbonyl (C=O) groups excluding carboxylic acids is 2. The number of fused-ring (bicyclic) bond motifs is 1. The molecule has 1 aromatic heterocycles. The van der Waals surface area contributed by atoms with Crippen molar-refractivity contribution in [1.29, 1.82) is 0 Å². The number of hydrogen-bond acceptors (Lipinski definition) is 6. The van der Waals surface area contributed by atoms with E-state index >= 15 is 0 Å². The number of benzene rings is 2. The minimum absolute atomic E-state index is 0. The fraction of sp³-hybridized carbons (Fsp3) is 0.318. The molecular weight excluding hydrogens is 457 g/mol. The average molecular weight is 482 g/mol. The Hall–Kier alpha value is -2.19. The van der Waals surface area contributed by atoms with Crippen LogP contribution in [0.5, 0.6) is 0 Å². The van der Waals surface area contributed by atoms with Crippen molar-refractivity contribution in [1.82, 2.24) is 9.88 Å². The van der Waals surface area contributed by atoms with E-state index in [0.717, 1.165) is 28.7 Å². The monoisotopic (exact) mass is 481 g/mol. The third-order valence-corrected chi connectivity index (χ3v) is 6.22. The van der Waals surface area contributed by atoms with Gasteiger partial charge in [-0.15, -0.1) is 12.4 Å². The van der Waals surface area contributed by atoms with Gasteiger partial charge in [0.2, 0.25) is 0 Å². The van der Waals surface area contributed by atoms with E-state index in [4.69, 9.17) is 21.3 Å². The Morgan fingerprint density at radius 2 is 1.77 bits per heavy atom. The van der Waals surface area contributed by atoms with Gasteiger partial charge in [-0.1, -0.05) is 35.1 Å². The molecule has 0 saturated carbocycles. The molecule has 0 atom stereocenters. The number of ether oxygens (including phenoxy) is 1. The number of anilines is 1. The first-order valence-electron chi connectivity index (χ1n) is 9.53. The van der Waals surface area contributed by atoms with Crippen molar-refractivity contribution in [3.63, 3.8) is 0 Å². The van der Waals surface area contributed by atoms with Gasteiger partial charge >= 0.3 is 5.97 Å². The number of aromatic nitrogens is 1. The van der Waals surface area contributed by atoms with E-state index in [2.05, 4.69) is 4.90 Å². The Morgan fingerprint density at radius 3 is 2.42 bits per heavy atom. The zero-order valence-electron chi connectivity index (χ0n) is 17.8. The number of rotatable bonds is 7. The Morgan fingerprint density at radius 1 is 1.10 bits per heavy atom. The van der Waals surface area contributed by atoms with Gasteiger partial charge in [0.25, 0.3) is 5.91 Å². The number of methoxy groups -OCH3 is 1. The highest BCUT2D eigenvalue weighted by Gasteiger charge is 2.26. The average Bonchev–Trinajstić information content (AvgIpc) is 3.17. The summed E-state index contributed by atoms with van der Waals surface area (Å²) < 4.78 is 5.82. The summed E-state index contributed by atoms with van der Waals surface area (Å²) in [5, 5.41) is 1.22. The summed E-state index contributed by atoms with van der Waals surface area (Å²) in [5.74, 6) is -0.823. The first kappa shape index (κ1) is 25.1. The van der Waals surface area contributed by atoms with Gasteiger partial charge in [0.05, 0.1) is 28.5 Å². The number of aryl methyl sites for hydroxylation is 1. The van der Waals surface area contributed by atoms with Gasteiger partial charge in [0.15, 0.2) is 5.13 Å². The highest BCUT2D eigenvalue weighted by Crippen LogP contribution is 2.34. The molecule has 0 unspecified atom stereocenters. The molecular formula is C22H25Cl2N3O3S. The van der Waals surface area contributed by atoms with Gasteiger partial charge in [-0.2, -0.15) is 0 Å². The Kier molecular flexibility index (Phi) is 8.82. The van der Waals surface area contributed by atoms with Crippen LogP contribution in [0.25, 0.3) is 10.2 Å². The largest absolute Gasteiger partial charge is 0.465 e. The van der Waals surface area contributed by atoms with Crippen molar-refractivity contribution >= 4 is 62.6 Å². The van der Waals surface area contributed by atoms with E-state index < -0.39 is 5.97 Å². The molecule has 0 aliphatic carbocycles. The Labute approximate surface area is 197 Å². The van der Waals surface area contributed by atoms with E-state index in [9.17, 15) is 9.59 Å². The van der Waals surface area contributed by atoms with E-state index in [1.165, 1.54) is 18.4 Å². The summed E-state index contributed by atoms with van der Waals surface area (Å²) in [7, 11) is 5.28. The summed E-state index contributed by atoms with van der Waals surface area (Å²) in [6, 6.07) is 10.4. The molecule has 1 heterocycles. The lowest BCUT2D eigenvalue weighted by Crippen LogP contribution is -2.34. The van der Waals surface area contributed by atoms with Gasteiger partial charge in [-0.3, -0.25) is 9.69 Å². The van der Waals surface area contributed by atoms with Crippen molar-refractivity contribution in [2.45, 2.75) is 13.3 Å². The zero-order valence-corrected chi connectivity index (χ0v) is 20.2. The number of esters is 1. The molecule has 0 saturated heterocycles. The molecule has 0 spiro atoms. The molecule has 0 radical (unpaired) electrons. The van der Waals surface area contributed by atoms with E-state index in [-0.39, 0.29) is 23.9 Å². The molecule has 0 N–H and O–H groups in total. The number of halogens is 2. The summed E-state index contributed by atoms with van der Waals surface area (Å²) in [5.41, 5.74) is 2.20. The lowest BCUT2D eigenvalue weighted by Gasteiger charge is -2.22. The zero-order chi connectivity index (χ0) is 21.8. The smallest absolute Gasteiger partial charge is 0.338 e. The van der Waals surface area contributed by atoms with E-state index in [0.29, 0.717) is 22.3 Å². The quantitative estimate of drug-likeness (QED) is 0.441. The normalized spacial score (nSPS) is 10.8. The maximum absolute atomic E-state index is 13.5. The van der Waals surface area contributed by atoms with Crippen LogP contribution in [0.2, 0.25) is 5.02 Å². The van der Waals surface area contributed by atoms with Crippen molar-refractivity contribution in [3.8, 4) is 0 Å². The predicted octanol–water partition coefficient (Wildman–Crippen LogP) is 5.07. The molecule has 166 valence electrons.